The molecule has 0 unspecified atom stereocenters. The molecule has 29 heavy (non-hydrogen) atoms. The monoisotopic (exact) mass is 430 g/mol. The summed E-state index contributed by atoms with van der Waals surface area (Å²) >= 11 is 0. The minimum absolute atomic E-state index is 0.0890. The van der Waals surface area contributed by atoms with Crippen molar-refractivity contribution in [2.24, 2.45) is 5.92 Å². The molecule has 0 bridgehead atoms. The average molecular weight is 430 g/mol. The van der Waals surface area contributed by atoms with Crippen molar-refractivity contribution < 1.29 is 47.4 Å². The number of carbonyl (C=O) groups is 3. The molecule has 1 aromatic heterocycles. The molecular formula is C16H18N2O10S. The summed E-state index contributed by atoms with van der Waals surface area (Å²) in [5.41, 5.74) is -1.84. The van der Waals surface area contributed by atoms with E-state index in [0.29, 0.717) is 10.6 Å². The van der Waals surface area contributed by atoms with Crippen molar-refractivity contribution in [2.75, 3.05) is 6.54 Å². The third kappa shape index (κ3) is 3.78. The quantitative estimate of drug-likeness (QED) is 0.293. The molecule has 0 radical (unpaired) electrons. The number of aromatic hydroxyl groups is 2. The molecule has 4 N–H and O–H groups in total. The minimum Gasteiger partial charge on any atom is -0.494 e. The van der Waals surface area contributed by atoms with E-state index in [9.17, 15) is 37.6 Å². The van der Waals surface area contributed by atoms with E-state index in [-0.39, 0.29) is 38.1 Å². The van der Waals surface area contributed by atoms with Crippen molar-refractivity contribution >= 4 is 28.1 Å². The molecule has 0 atom stereocenters. The molecule has 2 aliphatic rings. The predicted octanol–water partition coefficient (Wildman–Crippen LogP) is 0.609. The summed E-state index contributed by atoms with van der Waals surface area (Å²) in [6, 6.07) is 0.580. The Morgan fingerprint density at radius 1 is 1.17 bits per heavy atom. The second-order valence-corrected chi connectivity index (χ2v) is 8.27. The van der Waals surface area contributed by atoms with Gasteiger partial charge in [-0.3, -0.25) is 19.0 Å². The Morgan fingerprint density at radius 3 is 2.17 bits per heavy atom. The number of hydrogen-bond donors (Lipinski definition) is 4. The van der Waals surface area contributed by atoms with Crippen molar-refractivity contribution in [3.05, 3.63) is 18.2 Å². The van der Waals surface area contributed by atoms with Gasteiger partial charge in [0.15, 0.2) is 16.5 Å². The maximum Gasteiger partial charge on any atom is 0.507 e. The van der Waals surface area contributed by atoms with Gasteiger partial charge >= 0.3 is 6.16 Å². The van der Waals surface area contributed by atoms with Gasteiger partial charge in [-0.15, -0.1) is 0 Å². The molecule has 1 aliphatic heterocycles. The molecule has 0 spiro atoms. The molecule has 3 rings (SSSR count). The van der Waals surface area contributed by atoms with Crippen LogP contribution in [0, 0.1) is 5.92 Å². The first kappa shape index (κ1) is 20.7. The Balaban J connectivity index is 1.87. The van der Waals surface area contributed by atoms with Crippen LogP contribution < -0.4 is 0 Å². The maximum absolute atomic E-state index is 11.7. The molecule has 12 nitrogen and oxygen atoms in total. The zero-order valence-corrected chi connectivity index (χ0v) is 15.7. The Morgan fingerprint density at radius 2 is 1.72 bits per heavy atom. The van der Waals surface area contributed by atoms with E-state index in [4.69, 9.17) is 9.84 Å². The lowest BCUT2D eigenvalue weighted by Crippen LogP contribution is -2.44. The van der Waals surface area contributed by atoms with Crippen LogP contribution in [-0.2, 0) is 30.2 Å². The van der Waals surface area contributed by atoms with Crippen molar-refractivity contribution in [1.82, 2.24) is 9.47 Å². The number of nitrogens with zero attached hydrogens (tertiary/aromatic N) is 2. The SMILES string of the molecule is O=C(O)OC1(n2c(O)cc(S(=O)(=O)O)c2O)CCC(CN2C(=O)C=CC2=O)CC1. The highest BCUT2D eigenvalue weighted by Crippen LogP contribution is 2.46. The summed E-state index contributed by atoms with van der Waals surface area (Å²) < 4.78 is 37.5. The topological polar surface area (TPSA) is 184 Å². The van der Waals surface area contributed by atoms with E-state index in [2.05, 4.69) is 0 Å². The lowest BCUT2D eigenvalue weighted by Gasteiger charge is -2.40. The lowest BCUT2D eigenvalue weighted by molar-refractivity contribution is -0.139. The summed E-state index contributed by atoms with van der Waals surface area (Å²) in [5, 5.41) is 29.5. The van der Waals surface area contributed by atoms with Crippen LogP contribution in [0.5, 0.6) is 11.8 Å². The zero-order valence-electron chi connectivity index (χ0n) is 14.9. The van der Waals surface area contributed by atoms with Gasteiger partial charge in [0, 0.05) is 37.6 Å². The van der Waals surface area contributed by atoms with Gasteiger partial charge in [-0.2, -0.15) is 8.42 Å². The zero-order chi connectivity index (χ0) is 21.6. The number of imide groups is 1. The molecule has 1 saturated carbocycles. The Bertz CT molecular complexity index is 983. The van der Waals surface area contributed by atoms with Crippen LogP contribution in [0.3, 0.4) is 0 Å². The number of hydrogen-bond acceptors (Lipinski definition) is 8. The highest BCUT2D eigenvalue weighted by molar-refractivity contribution is 7.86. The van der Waals surface area contributed by atoms with Gasteiger partial charge in [0.05, 0.1) is 0 Å². The van der Waals surface area contributed by atoms with Gasteiger partial charge in [-0.1, -0.05) is 0 Å². The van der Waals surface area contributed by atoms with Crippen LogP contribution in [0.25, 0.3) is 0 Å². The molecule has 2 amide bonds. The van der Waals surface area contributed by atoms with Gasteiger partial charge in [0.25, 0.3) is 21.9 Å². The molecule has 0 aromatic carbocycles. The van der Waals surface area contributed by atoms with Crippen LogP contribution >= 0.6 is 0 Å². The molecule has 2 heterocycles. The molecule has 0 saturated heterocycles. The number of rotatable bonds is 5. The van der Waals surface area contributed by atoms with E-state index in [1.54, 1.807) is 0 Å². The van der Waals surface area contributed by atoms with Crippen molar-refractivity contribution in [3.8, 4) is 11.8 Å². The minimum atomic E-state index is -4.89. The van der Waals surface area contributed by atoms with Crippen LogP contribution in [0.2, 0.25) is 0 Å². The van der Waals surface area contributed by atoms with Crippen LogP contribution in [0.15, 0.2) is 23.1 Å². The van der Waals surface area contributed by atoms with Crippen molar-refractivity contribution in [2.45, 2.75) is 36.3 Å². The molecule has 1 aliphatic carbocycles. The van der Waals surface area contributed by atoms with E-state index >= 15 is 0 Å². The Labute approximate surface area is 164 Å². The van der Waals surface area contributed by atoms with Gasteiger partial charge < -0.3 is 20.1 Å². The number of ether oxygens (including phenoxy) is 1. The molecule has 1 aromatic rings. The first-order valence-corrected chi connectivity index (χ1v) is 9.96. The van der Waals surface area contributed by atoms with E-state index < -0.39 is 50.5 Å². The highest BCUT2D eigenvalue weighted by Gasteiger charge is 2.45. The van der Waals surface area contributed by atoms with Crippen LogP contribution in [0.1, 0.15) is 25.7 Å². The second kappa shape index (κ2) is 7.08. The standard InChI is InChI=1S/C16H18N2O10S/c19-11-1-2-12(20)17(11)8-9-3-5-16(6-4-9,28-15(23)24)18-13(21)7-10(14(18)22)29(25,26)27/h1-2,7,9,21-22H,3-6,8H2,(H,23,24)(H,25,26,27). The van der Waals surface area contributed by atoms with Crippen molar-refractivity contribution in [3.63, 3.8) is 0 Å². The van der Waals surface area contributed by atoms with Crippen molar-refractivity contribution in [1.29, 1.82) is 0 Å². The summed E-state index contributed by atoms with van der Waals surface area (Å²) in [5.74, 6) is -2.99. The second-order valence-electron chi connectivity index (χ2n) is 6.88. The molecule has 158 valence electrons. The predicted molar refractivity (Wildman–Crippen MR) is 92.5 cm³/mol. The summed E-state index contributed by atoms with van der Waals surface area (Å²) in [6.45, 7) is 0.105. The molecule has 13 heteroatoms. The molecule has 1 fully saturated rings. The average Bonchev–Trinajstić information content (AvgIpc) is 3.09. The Hall–Kier alpha value is -3.06. The van der Waals surface area contributed by atoms with E-state index in [1.807, 2.05) is 0 Å². The van der Waals surface area contributed by atoms with E-state index in [0.717, 1.165) is 17.1 Å². The van der Waals surface area contributed by atoms with Crippen LogP contribution in [0.4, 0.5) is 4.79 Å². The lowest BCUT2D eigenvalue weighted by atomic mass is 9.82. The summed E-state index contributed by atoms with van der Waals surface area (Å²) in [4.78, 5) is 34.7. The number of amides is 2. The molecular weight excluding hydrogens is 412 g/mol. The van der Waals surface area contributed by atoms with Gasteiger partial charge in [-0.25, -0.2) is 9.36 Å². The number of carboxylic acid groups (broad SMARTS) is 1. The third-order valence-corrected chi connectivity index (χ3v) is 5.97. The summed E-state index contributed by atoms with van der Waals surface area (Å²) in [7, 11) is -4.89. The first-order chi connectivity index (χ1) is 13.4. The van der Waals surface area contributed by atoms with Gasteiger partial charge in [0.2, 0.25) is 5.88 Å². The summed E-state index contributed by atoms with van der Waals surface area (Å²) in [6.07, 6.45) is 0.873. The van der Waals surface area contributed by atoms with Crippen LogP contribution in [-0.4, -0.2) is 62.3 Å². The number of carbonyl (C=O) groups excluding carboxylic acids is 2. The maximum atomic E-state index is 11.7. The smallest absolute Gasteiger partial charge is 0.494 e. The normalized spacial score (nSPS) is 24.9. The fraction of sp³-hybridized carbons (Fsp3) is 0.438. The van der Waals surface area contributed by atoms with Gasteiger partial charge in [0.1, 0.15) is 0 Å². The Kier molecular flexibility index (Phi) is 5.04. The number of aromatic nitrogens is 1. The van der Waals surface area contributed by atoms with Gasteiger partial charge in [-0.05, 0) is 18.8 Å². The third-order valence-electron chi connectivity index (χ3n) is 5.11. The fourth-order valence-corrected chi connectivity index (χ4v) is 4.35. The fourth-order valence-electron chi connectivity index (χ4n) is 3.77. The first-order valence-electron chi connectivity index (χ1n) is 8.52. The largest absolute Gasteiger partial charge is 0.507 e. The highest BCUT2D eigenvalue weighted by atomic mass is 32.2. The van der Waals surface area contributed by atoms with E-state index in [1.165, 1.54) is 0 Å².